The predicted molar refractivity (Wildman–Crippen MR) is 62.0 cm³/mol. The topological polar surface area (TPSA) is 49.8 Å². The Balaban J connectivity index is 2.51. The van der Waals surface area contributed by atoms with E-state index in [2.05, 4.69) is 4.90 Å². The van der Waals surface area contributed by atoms with Crippen molar-refractivity contribution in [3.8, 4) is 0 Å². The third kappa shape index (κ3) is 3.19. The maximum absolute atomic E-state index is 11.6. The van der Waals surface area contributed by atoms with Crippen LogP contribution in [0.3, 0.4) is 0 Å². The zero-order valence-electron chi connectivity index (χ0n) is 10.7. The monoisotopic (exact) mass is 229 g/mol. The van der Waals surface area contributed by atoms with E-state index in [0.29, 0.717) is 6.54 Å². The predicted octanol–water partition coefficient (Wildman–Crippen LogP) is 0.888. The van der Waals surface area contributed by atoms with Crippen molar-refractivity contribution < 1.29 is 14.6 Å². The molecule has 1 rings (SSSR count). The molecule has 0 radical (unpaired) electrons. The van der Waals surface area contributed by atoms with Crippen molar-refractivity contribution in [3.05, 3.63) is 0 Å². The van der Waals surface area contributed by atoms with E-state index in [9.17, 15) is 9.90 Å². The number of piperidine rings is 1. The minimum atomic E-state index is -0.475. The third-order valence-electron chi connectivity index (χ3n) is 3.30. The second-order valence-corrected chi connectivity index (χ2v) is 5.44. The van der Waals surface area contributed by atoms with Crippen LogP contribution in [0.2, 0.25) is 0 Å². The van der Waals surface area contributed by atoms with Crippen LogP contribution in [-0.2, 0) is 9.53 Å². The van der Waals surface area contributed by atoms with Gasteiger partial charge in [0.2, 0.25) is 0 Å². The summed E-state index contributed by atoms with van der Waals surface area (Å²) in [7, 11) is 1.42. The van der Waals surface area contributed by atoms with E-state index in [-0.39, 0.29) is 18.0 Å². The summed E-state index contributed by atoms with van der Waals surface area (Å²) in [5.74, 6) is 0.105. The Morgan fingerprint density at radius 1 is 1.56 bits per heavy atom. The average Bonchev–Trinajstić information content (AvgIpc) is 2.22. The van der Waals surface area contributed by atoms with Gasteiger partial charge in [-0.1, -0.05) is 6.92 Å². The molecule has 0 spiro atoms. The number of esters is 1. The summed E-state index contributed by atoms with van der Waals surface area (Å²) < 4.78 is 4.79. The lowest BCUT2D eigenvalue weighted by Crippen LogP contribution is -2.47. The number of nitrogens with zero attached hydrogens (tertiary/aromatic N) is 1. The van der Waals surface area contributed by atoms with Crippen molar-refractivity contribution in [1.82, 2.24) is 4.90 Å². The molecule has 0 saturated carbocycles. The first-order valence-electron chi connectivity index (χ1n) is 5.85. The van der Waals surface area contributed by atoms with Crippen molar-refractivity contribution in [1.29, 1.82) is 0 Å². The average molecular weight is 229 g/mol. The minimum absolute atomic E-state index is 0.175. The molecule has 2 unspecified atom stereocenters. The van der Waals surface area contributed by atoms with Crippen LogP contribution >= 0.6 is 0 Å². The fourth-order valence-electron chi connectivity index (χ4n) is 2.26. The Labute approximate surface area is 97.6 Å². The molecule has 2 atom stereocenters. The number of carbonyl (C=O) groups excluding carboxylic acids is 1. The molecule has 1 N–H and O–H groups in total. The van der Waals surface area contributed by atoms with Crippen molar-refractivity contribution in [2.75, 3.05) is 26.7 Å². The highest BCUT2D eigenvalue weighted by Gasteiger charge is 2.33. The summed E-state index contributed by atoms with van der Waals surface area (Å²) in [6.45, 7) is 8.23. The van der Waals surface area contributed by atoms with Crippen LogP contribution in [-0.4, -0.2) is 48.8 Å². The molecule has 0 aliphatic carbocycles. The molecular formula is C12H23NO3. The first-order valence-corrected chi connectivity index (χ1v) is 5.85. The lowest BCUT2D eigenvalue weighted by molar-refractivity contribution is -0.152. The first-order chi connectivity index (χ1) is 7.36. The standard InChI is InChI=1S/C12H23NO3/c1-9-7-13(6-5-10(9)14)8-12(2,3)11(15)16-4/h9-10,14H,5-8H2,1-4H3. The summed E-state index contributed by atoms with van der Waals surface area (Å²) in [4.78, 5) is 13.8. The van der Waals surface area contributed by atoms with Crippen molar-refractivity contribution in [2.24, 2.45) is 11.3 Å². The molecule has 1 saturated heterocycles. The molecule has 0 aromatic carbocycles. The van der Waals surface area contributed by atoms with E-state index >= 15 is 0 Å². The highest BCUT2D eigenvalue weighted by molar-refractivity contribution is 5.76. The number of hydrogen-bond donors (Lipinski definition) is 1. The van der Waals surface area contributed by atoms with Crippen molar-refractivity contribution >= 4 is 5.97 Å². The van der Waals surface area contributed by atoms with Gasteiger partial charge in [-0.15, -0.1) is 0 Å². The molecule has 0 aromatic heterocycles. The number of methoxy groups -OCH3 is 1. The minimum Gasteiger partial charge on any atom is -0.469 e. The highest BCUT2D eigenvalue weighted by atomic mass is 16.5. The molecular weight excluding hydrogens is 206 g/mol. The van der Waals surface area contributed by atoms with Gasteiger partial charge in [-0.3, -0.25) is 4.79 Å². The van der Waals surface area contributed by atoms with Gasteiger partial charge >= 0.3 is 5.97 Å². The molecule has 4 heteroatoms. The second-order valence-electron chi connectivity index (χ2n) is 5.44. The molecule has 16 heavy (non-hydrogen) atoms. The van der Waals surface area contributed by atoms with E-state index in [4.69, 9.17) is 4.74 Å². The molecule has 1 fully saturated rings. The van der Waals surface area contributed by atoms with E-state index in [1.807, 2.05) is 20.8 Å². The maximum atomic E-state index is 11.6. The second kappa shape index (κ2) is 5.15. The van der Waals surface area contributed by atoms with Gasteiger partial charge < -0.3 is 14.7 Å². The van der Waals surface area contributed by atoms with Gasteiger partial charge in [0.05, 0.1) is 18.6 Å². The Hall–Kier alpha value is -0.610. The smallest absolute Gasteiger partial charge is 0.312 e. The van der Waals surface area contributed by atoms with Crippen LogP contribution in [0.1, 0.15) is 27.2 Å². The van der Waals surface area contributed by atoms with Crippen LogP contribution in [0.15, 0.2) is 0 Å². The normalized spacial score (nSPS) is 27.8. The molecule has 0 bridgehead atoms. The van der Waals surface area contributed by atoms with E-state index in [1.165, 1.54) is 7.11 Å². The zero-order valence-corrected chi connectivity index (χ0v) is 10.7. The quantitative estimate of drug-likeness (QED) is 0.730. The molecule has 1 heterocycles. The summed E-state index contributed by atoms with van der Waals surface area (Å²) >= 11 is 0. The molecule has 1 aliphatic rings. The summed E-state index contributed by atoms with van der Waals surface area (Å²) in [5.41, 5.74) is -0.475. The Bertz CT molecular complexity index is 253. The summed E-state index contributed by atoms with van der Waals surface area (Å²) in [5, 5.41) is 9.63. The maximum Gasteiger partial charge on any atom is 0.312 e. The zero-order chi connectivity index (χ0) is 12.3. The van der Waals surface area contributed by atoms with Crippen molar-refractivity contribution in [2.45, 2.75) is 33.3 Å². The third-order valence-corrected chi connectivity index (χ3v) is 3.30. The Kier molecular flexibility index (Phi) is 4.33. The van der Waals surface area contributed by atoms with E-state index in [1.54, 1.807) is 0 Å². The molecule has 0 aromatic rings. The number of carbonyl (C=O) groups is 1. The number of hydrogen-bond acceptors (Lipinski definition) is 4. The van der Waals surface area contributed by atoms with E-state index in [0.717, 1.165) is 19.5 Å². The van der Waals surface area contributed by atoms with Gasteiger partial charge in [0, 0.05) is 19.6 Å². The summed E-state index contributed by atoms with van der Waals surface area (Å²) in [6.07, 6.45) is 0.593. The van der Waals surface area contributed by atoms with Gasteiger partial charge in [-0.25, -0.2) is 0 Å². The Morgan fingerprint density at radius 2 is 2.19 bits per heavy atom. The van der Waals surface area contributed by atoms with Crippen LogP contribution in [0.25, 0.3) is 0 Å². The van der Waals surface area contributed by atoms with E-state index < -0.39 is 5.41 Å². The van der Waals surface area contributed by atoms with Crippen LogP contribution in [0.4, 0.5) is 0 Å². The number of likely N-dealkylation sites (tertiary alicyclic amines) is 1. The van der Waals surface area contributed by atoms with Gasteiger partial charge in [0.25, 0.3) is 0 Å². The number of aliphatic hydroxyl groups is 1. The largest absolute Gasteiger partial charge is 0.469 e. The fourth-order valence-corrected chi connectivity index (χ4v) is 2.26. The summed E-state index contributed by atoms with van der Waals surface area (Å²) in [6, 6.07) is 0. The fraction of sp³-hybridized carbons (Fsp3) is 0.917. The van der Waals surface area contributed by atoms with Gasteiger partial charge in [-0.2, -0.15) is 0 Å². The molecule has 1 aliphatic heterocycles. The van der Waals surface area contributed by atoms with Gasteiger partial charge in [-0.05, 0) is 26.2 Å². The Morgan fingerprint density at radius 3 is 2.69 bits per heavy atom. The SMILES string of the molecule is COC(=O)C(C)(C)CN1CCC(O)C(C)C1. The number of rotatable bonds is 3. The highest BCUT2D eigenvalue weighted by Crippen LogP contribution is 2.23. The lowest BCUT2D eigenvalue weighted by atomic mass is 9.90. The van der Waals surface area contributed by atoms with Gasteiger partial charge in [0.1, 0.15) is 0 Å². The molecule has 0 amide bonds. The number of aliphatic hydroxyl groups excluding tert-OH is 1. The number of ether oxygens (including phenoxy) is 1. The molecule has 94 valence electrons. The van der Waals surface area contributed by atoms with Crippen LogP contribution in [0, 0.1) is 11.3 Å². The van der Waals surface area contributed by atoms with Crippen LogP contribution < -0.4 is 0 Å². The van der Waals surface area contributed by atoms with Crippen molar-refractivity contribution in [3.63, 3.8) is 0 Å². The van der Waals surface area contributed by atoms with Crippen LogP contribution in [0.5, 0.6) is 0 Å². The lowest BCUT2D eigenvalue weighted by Gasteiger charge is -2.37. The van der Waals surface area contributed by atoms with Gasteiger partial charge in [0.15, 0.2) is 0 Å². The first kappa shape index (κ1) is 13.5. The molecule has 4 nitrogen and oxygen atoms in total.